The summed E-state index contributed by atoms with van der Waals surface area (Å²) in [6, 6.07) is 27.9. The molecule has 126 valence electrons. The van der Waals surface area contributed by atoms with Crippen molar-refractivity contribution in [1.29, 1.82) is 0 Å². The molecule has 3 aromatic rings. The first-order valence-corrected chi connectivity index (χ1v) is 10.1. The predicted octanol–water partition coefficient (Wildman–Crippen LogP) is 5.28. The van der Waals surface area contributed by atoms with Crippen molar-refractivity contribution < 1.29 is 0 Å². The molecule has 1 atom stereocenters. The maximum Gasteiger partial charge on any atom is 0.0957 e. The highest BCUT2D eigenvalue weighted by atomic mass is 32.2. The van der Waals surface area contributed by atoms with Crippen molar-refractivity contribution in [1.82, 2.24) is 0 Å². The molecule has 25 heavy (non-hydrogen) atoms. The molecular formula is C21H20N2S2. The van der Waals surface area contributed by atoms with Crippen LogP contribution in [0.15, 0.2) is 83.8 Å². The number of hydrogen-bond acceptors (Lipinski definition) is 4. The quantitative estimate of drug-likeness (QED) is 0.624. The Bertz CT molecular complexity index is 837. The lowest BCUT2D eigenvalue weighted by molar-refractivity contribution is 0.910. The normalized spacial score (nSPS) is 16.0. The molecule has 1 aliphatic rings. The lowest BCUT2D eigenvalue weighted by atomic mass is 10.0. The monoisotopic (exact) mass is 364 g/mol. The Morgan fingerprint density at radius 1 is 0.840 bits per heavy atom. The molecule has 3 aromatic carbocycles. The van der Waals surface area contributed by atoms with Gasteiger partial charge in [-0.2, -0.15) is 0 Å². The summed E-state index contributed by atoms with van der Waals surface area (Å²) < 4.78 is 2.28. The molecule has 0 aliphatic carbocycles. The van der Waals surface area contributed by atoms with Crippen LogP contribution in [-0.4, -0.2) is 5.37 Å². The van der Waals surface area contributed by atoms with Crippen LogP contribution in [0.4, 0.5) is 5.69 Å². The molecular weight excluding hydrogens is 344 g/mol. The third kappa shape index (κ3) is 3.56. The van der Waals surface area contributed by atoms with Crippen molar-refractivity contribution >= 4 is 29.6 Å². The molecule has 1 heterocycles. The van der Waals surface area contributed by atoms with Crippen molar-refractivity contribution in [3.63, 3.8) is 0 Å². The van der Waals surface area contributed by atoms with E-state index in [1.165, 1.54) is 39.4 Å². The fourth-order valence-electron chi connectivity index (χ4n) is 3.27. The Labute approximate surface area is 157 Å². The Morgan fingerprint density at radius 2 is 1.52 bits per heavy atom. The van der Waals surface area contributed by atoms with Crippen LogP contribution in [0.1, 0.15) is 16.7 Å². The molecule has 0 spiro atoms. The van der Waals surface area contributed by atoms with Crippen LogP contribution >= 0.6 is 23.9 Å². The van der Waals surface area contributed by atoms with Crippen molar-refractivity contribution in [2.75, 3.05) is 4.31 Å². The third-order valence-electron chi connectivity index (χ3n) is 4.43. The fourth-order valence-corrected chi connectivity index (χ4v) is 5.41. The maximum absolute atomic E-state index is 6.08. The topological polar surface area (TPSA) is 29.3 Å². The smallest absolute Gasteiger partial charge is 0.0957 e. The lowest BCUT2D eigenvalue weighted by Gasteiger charge is -2.24. The molecule has 4 heteroatoms. The molecule has 0 fully saturated rings. The van der Waals surface area contributed by atoms with Gasteiger partial charge in [-0.25, -0.2) is 0 Å². The zero-order valence-corrected chi connectivity index (χ0v) is 15.5. The Morgan fingerprint density at radius 3 is 2.20 bits per heavy atom. The Kier molecular flexibility index (Phi) is 5.02. The van der Waals surface area contributed by atoms with Gasteiger partial charge < -0.3 is 0 Å². The first-order chi connectivity index (χ1) is 12.3. The molecule has 1 aliphatic heterocycles. The molecule has 0 saturated heterocycles. The minimum Gasteiger partial charge on any atom is -0.288 e. The van der Waals surface area contributed by atoms with Crippen LogP contribution in [0.25, 0.3) is 0 Å². The van der Waals surface area contributed by atoms with E-state index in [9.17, 15) is 0 Å². The SMILES string of the molecule is NSN1c2c(Cc3ccccc3)cccc2SC1Cc1ccccc1. The van der Waals surface area contributed by atoms with Gasteiger partial charge in [0.05, 0.1) is 11.1 Å². The minimum atomic E-state index is 0.323. The van der Waals surface area contributed by atoms with Gasteiger partial charge in [0.25, 0.3) is 0 Å². The van der Waals surface area contributed by atoms with Crippen molar-refractivity contribution in [2.45, 2.75) is 23.1 Å². The highest BCUT2D eigenvalue weighted by molar-refractivity contribution is 8.04. The molecule has 0 radical (unpaired) electrons. The molecule has 0 saturated carbocycles. The van der Waals surface area contributed by atoms with E-state index in [0.717, 1.165) is 12.8 Å². The van der Waals surface area contributed by atoms with Gasteiger partial charge in [-0.15, -0.1) is 0 Å². The summed E-state index contributed by atoms with van der Waals surface area (Å²) in [4.78, 5) is 1.33. The van der Waals surface area contributed by atoms with Crippen molar-refractivity contribution in [2.24, 2.45) is 5.14 Å². The number of fused-ring (bicyclic) bond motifs is 1. The summed E-state index contributed by atoms with van der Waals surface area (Å²) >= 11 is 3.25. The maximum atomic E-state index is 6.08. The second-order valence-electron chi connectivity index (χ2n) is 6.12. The van der Waals surface area contributed by atoms with Gasteiger partial charge in [0.1, 0.15) is 0 Å². The van der Waals surface area contributed by atoms with E-state index in [0.29, 0.717) is 5.37 Å². The van der Waals surface area contributed by atoms with Gasteiger partial charge in [0, 0.05) is 23.5 Å². The van der Waals surface area contributed by atoms with Crippen LogP contribution in [0.2, 0.25) is 0 Å². The summed E-state index contributed by atoms with van der Waals surface area (Å²) in [6.45, 7) is 0. The number of nitrogens with zero attached hydrogens (tertiary/aromatic N) is 1. The van der Waals surface area contributed by atoms with Crippen LogP contribution in [-0.2, 0) is 12.8 Å². The molecule has 0 aromatic heterocycles. The number of para-hydroxylation sites is 1. The summed E-state index contributed by atoms with van der Waals surface area (Å²) in [5.41, 5.74) is 5.29. The predicted molar refractivity (Wildman–Crippen MR) is 110 cm³/mol. The molecule has 2 nitrogen and oxygen atoms in total. The summed E-state index contributed by atoms with van der Waals surface area (Å²) in [5.74, 6) is 0. The number of rotatable bonds is 5. The van der Waals surface area contributed by atoms with Crippen LogP contribution < -0.4 is 9.44 Å². The van der Waals surface area contributed by atoms with Gasteiger partial charge in [-0.1, -0.05) is 84.6 Å². The summed E-state index contributed by atoms with van der Waals surface area (Å²) in [5, 5.41) is 6.41. The van der Waals surface area contributed by atoms with E-state index in [1.807, 2.05) is 11.8 Å². The summed E-state index contributed by atoms with van der Waals surface area (Å²) in [6.07, 6.45) is 1.91. The number of anilines is 1. The second-order valence-corrected chi connectivity index (χ2v) is 7.94. The zero-order valence-electron chi connectivity index (χ0n) is 13.8. The zero-order chi connectivity index (χ0) is 17.1. The first-order valence-electron chi connectivity index (χ1n) is 8.37. The highest BCUT2D eigenvalue weighted by Gasteiger charge is 2.32. The lowest BCUT2D eigenvalue weighted by Crippen LogP contribution is -2.26. The number of benzene rings is 3. The van der Waals surface area contributed by atoms with E-state index in [2.05, 4.69) is 83.2 Å². The van der Waals surface area contributed by atoms with Crippen molar-refractivity contribution in [3.05, 3.63) is 95.6 Å². The standard InChI is InChI=1S/C21H20N2S2/c22-25-23-20(15-17-10-5-2-6-11-17)24-19-13-7-12-18(21(19)23)14-16-8-3-1-4-9-16/h1-13,20H,14-15,22H2. The van der Waals surface area contributed by atoms with E-state index >= 15 is 0 Å². The Balaban J connectivity index is 1.63. The van der Waals surface area contributed by atoms with E-state index < -0.39 is 0 Å². The van der Waals surface area contributed by atoms with Gasteiger partial charge in [-0.3, -0.25) is 9.44 Å². The average Bonchev–Trinajstić information content (AvgIpc) is 3.01. The van der Waals surface area contributed by atoms with Crippen LogP contribution in [0.5, 0.6) is 0 Å². The number of nitrogens with two attached hydrogens (primary N) is 1. The van der Waals surface area contributed by atoms with E-state index in [1.54, 1.807) is 0 Å². The molecule has 1 unspecified atom stereocenters. The minimum absolute atomic E-state index is 0.323. The van der Waals surface area contributed by atoms with Gasteiger partial charge in [0.15, 0.2) is 0 Å². The van der Waals surface area contributed by atoms with Gasteiger partial charge in [-0.05, 0) is 29.2 Å². The van der Waals surface area contributed by atoms with Gasteiger partial charge in [0.2, 0.25) is 0 Å². The molecule has 2 N–H and O–H groups in total. The van der Waals surface area contributed by atoms with Crippen LogP contribution in [0.3, 0.4) is 0 Å². The van der Waals surface area contributed by atoms with Crippen molar-refractivity contribution in [3.8, 4) is 0 Å². The third-order valence-corrected chi connectivity index (χ3v) is 6.46. The first kappa shape index (κ1) is 16.6. The average molecular weight is 365 g/mol. The van der Waals surface area contributed by atoms with E-state index in [4.69, 9.17) is 5.14 Å². The molecule has 0 amide bonds. The Hall–Kier alpha value is -1.88. The van der Waals surface area contributed by atoms with Crippen LogP contribution in [0, 0.1) is 0 Å². The molecule has 4 rings (SSSR count). The number of hydrogen-bond donors (Lipinski definition) is 1. The summed E-state index contributed by atoms with van der Waals surface area (Å²) in [7, 11) is 0. The fraction of sp³-hybridized carbons (Fsp3) is 0.143. The van der Waals surface area contributed by atoms with Gasteiger partial charge >= 0.3 is 0 Å². The van der Waals surface area contributed by atoms with E-state index in [-0.39, 0.29) is 0 Å². The highest BCUT2D eigenvalue weighted by Crippen LogP contribution is 2.49. The largest absolute Gasteiger partial charge is 0.288 e. The number of thioether (sulfide) groups is 1. The second kappa shape index (κ2) is 7.56. The molecule has 0 bridgehead atoms.